The molecule has 2 heteroatoms. The van der Waals surface area contributed by atoms with Crippen molar-refractivity contribution in [3.05, 3.63) is 155 Å². The summed E-state index contributed by atoms with van der Waals surface area (Å²) in [6.45, 7) is 4.72. The molecule has 2 aromatic heterocycles. The predicted octanol–water partition coefficient (Wildman–Crippen LogP) is 12.6. The molecule has 9 aromatic rings. The molecule has 224 valence electrons. The minimum atomic E-state index is -0.0560. The highest BCUT2D eigenvalue weighted by molar-refractivity contribution is 6.14. The van der Waals surface area contributed by atoms with Gasteiger partial charge in [0.1, 0.15) is 22.3 Å². The standard InChI is InChI=1S/C46H28O2/c1-46(2)36-12-6-3-9-26(36)27-16-15-24(23-37(27)46)25-21-34-30-17-19-32-28-10-4-7-13-38(28)47-44(32)41(30)43-40(34)35(22-25)31-18-20-33-29-11-5-8-14-39(29)48-45(33)42(31)43/h3-23,43H,1-2H3. The van der Waals surface area contributed by atoms with Crippen LogP contribution in [0.15, 0.2) is 136 Å². The molecule has 3 aliphatic rings. The first kappa shape index (κ1) is 25.3. The molecule has 2 heterocycles. The van der Waals surface area contributed by atoms with E-state index in [2.05, 4.69) is 141 Å². The Kier molecular flexibility index (Phi) is 4.39. The van der Waals surface area contributed by atoms with Gasteiger partial charge in [0.05, 0.1) is 0 Å². The van der Waals surface area contributed by atoms with Crippen molar-refractivity contribution >= 4 is 43.9 Å². The second kappa shape index (κ2) is 8.34. The lowest BCUT2D eigenvalue weighted by molar-refractivity contribution is 0.656. The molecule has 48 heavy (non-hydrogen) atoms. The predicted molar refractivity (Wildman–Crippen MR) is 196 cm³/mol. The summed E-state index contributed by atoms with van der Waals surface area (Å²) in [5.41, 5.74) is 20.8. The number of hydrogen-bond donors (Lipinski definition) is 0. The summed E-state index contributed by atoms with van der Waals surface area (Å²) in [7, 11) is 0. The molecule has 0 amide bonds. The summed E-state index contributed by atoms with van der Waals surface area (Å²) in [5.74, 6) is 0.0380. The molecule has 2 nitrogen and oxygen atoms in total. The van der Waals surface area contributed by atoms with E-state index in [0.29, 0.717) is 0 Å². The SMILES string of the molecule is CC1(C)c2ccccc2-c2ccc(-c3cc4c5c(c3)-c3ccc6c(oc7ccccc76)c3C5c3c-4ccc4c3oc3ccccc34)cc21. The van der Waals surface area contributed by atoms with Gasteiger partial charge in [-0.05, 0) is 104 Å². The summed E-state index contributed by atoms with van der Waals surface area (Å²) in [5, 5.41) is 4.66. The summed E-state index contributed by atoms with van der Waals surface area (Å²) in [6, 6.07) is 46.9. The molecule has 0 saturated carbocycles. The molecule has 0 unspecified atom stereocenters. The van der Waals surface area contributed by atoms with Crippen LogP contribution >= 0.6 is 0 Å². The highest BCUT2D eigenvalue weighted by atomic mass is 16.3. The van der Waals surface area contributed by atoms with Crippen LogP contribution in [0.1, 0.15) is 47.6 Å². The van der Waals surface area contributed by atoms with Crippen molar-refractivity contribution in [2.24, 2.45) is 0 Å². The van der Waals surface area contributed by atoms with Crippen molar-refractivity contribution in [1.29, 1.82) is 0 Å². The summed E-state index contributed by atoms with van der Waals surface area (Å²) >= 11 is 0. The van der Waals surface area contributed by atoms with Gasteiger partial charge < -0.3 is 8.83 Å². The molecule has 0 bridgehead atoms. The van der Waals surface area contributed by atoms with Crippen LogP contribution in [-0.4, -0.2) is 0 Å². The molecule has 12 rings (SSSR count). The Morgan fingerprint density at radius 3 is 1.60 bits per heavy atom. The Bertz CT molecular complexity index is 2790. The monoisotopic (exact) mass is 612 g/mol. The smallest absolute Gasteiger partial charge is 0.140 e. The van der Waals surface area contributed by atoms with E-state index in [1.807, 2.05) is 0 Å². The molecule has 3 aliphatic carbocycles. The maximum atomic E-state index is 6.76. The van der Waals surface area contributed by atoms with Crippen LogP contribution in [0.5, 0.6) is 0 Å². The first-order chi connectivity index (χ1) is 23.6. The minimum absolute atomic E-state index is 0.0380. The Labute approximate surface area is 276 Å². The number of fused-ring (bicyclic) bond motifs is 17. The number of hydrogen-bond acceptors (Lipinski definition) is 2. The van der Waals surface area contributed by atoms with Crippen molar-refractivity contribution in [1.82, 2.24) is 0 Å². The van der Waals surface area contributed by atoms with Crippen LogP contribution in [0.3, 0.4) is 0 Å². The van der Waals surface area contributed by atoms with Gasteiger partial charge in [-0.3, -0.25) is 0 Å². The molecule has 0 spiro atoms. The second-order valence-electron chi connectivity index (χ2n) is 14.4. The van der Waals surface area contributed by atoms with E-state index >= 15 is 0 Å². The van der Waals surface area contributed by atoms with Gasteiger partial charge in [-0.1, -0.05) is 98.8 Å². The van der Waals surface area contributed by atoms with Crippen molar-refractivity contribution in [2.75, 3.05) is 0 Å². The van der Waals surface area contributed by atoms with Crippen LogP contribution in [0.4, 0.5) is 0 Å². The normalized spacial score (nSPS) is 15.0. The third-order valence-electron chi connectivity index (χ3n) is 11.7. The Balaban J connectivity index is 1.17. The van der Waals surface area contributed by atoms with Crippen LogP contribution in [0.2, 0.25) is 0 Å². The van der Waals surface area contributed by atoms with Gasteiger partial charge in [0.15, 0.2) is 0 Å². The van der Waals surface area contributed by atoms with E-state index in [0.717, 1.165) is 33.1 Å². The highest BCUT2D eigenvalue weighted by Crippen LogP contribution is 2.62. The average Bonchev–Trinajstić information content (AvgIpc) is 3.90. The third kappa shape index (κ3) is 2.88. The quantitative estimate of drug-likeness (QED) is 0.184. The zero-order valence-electron chi connectivity index (χ0n) is 26.5. The molecule has 0 N–H and O–H groups in total. The fourth-order valence-corrected chi connectivity index (χ4v) is 9.56. The molecular formula is C46H28O2. The number of rotatable bonds is 1. The van der Waals surface area contributed by atoms with Gasteiger partial charge in [-0.15, -0.1) is 0 Å². The Morgan fingerprint density at radius 2 is 0.958 bits per heavy atom. The highest BCUT2D eigenvalue weighted by Gasteiger charge is 2.43. The van der Waals surface area contributed by atoms with Gasteiger partial charge in [-0.2, -0.15) is 0 Å². The van der Waals surface area contributed by atoms with Crippen LogP contribution < -0.4 is 0 Å². The van der Waals surface area contributed by atoms with Gasteiger partial charge >= 0.3 is 0 Å². The van der Waals surface area contributed by atoms with Gasteiger partial charge in [-0.25, -0.2) is 0 Å². The van der Waals surface area contributed by atoms with E-state index in [4.69, 9.17) is 8.83 Å². The fourth-order valence-electron chi connectivity index (χ4n) is 9.56. The van der Waals surface area contributed by atoms with E-state index < -0.39 is 0 Å². The van der Waals surface area contributed by atoms with Gasteiger partial charge in [0.25, 0.3) is 0 Å². The van der Waals surface area contributed by atoms with Gasteiger partial charge in [0, 0.05) is 44.0 Å². The molecule has 0 radical (unpaired) electrons. The van der Waals surface area contributed by atoms with Crippen LogP contribution in [-0.2, 0) is 5.41 Å². The lowest BCUT2D eigenvalue weighted by Gasteiger charge is -2.22. The Hall–Kier alpha value is -5.86. The topological polar surface area (TPSA) is 26.3 Å². The maximum absolute atomic E-state index is 6.76. The zero-order valence-corrected chi connectivity index (χ0v) is 26.5. The summed E-state index contributed by atoms with van der Waals surface area (Å²) in [4.78, 5) is 0. The van der Waals surface area contributed by atoms with Crippen molar-refractivity contribution < 1.29 is 8.83 Å². The van der Waals surface area contributed by atoms with E-state index in [9.17, 15) is 0 Å². The first-order valence-corrected chi connectivity index (χ1v) is 16.9. The molecule has 7 aromatic carbocycles. The molecule has 0 aliphatic heterocycles. The lowest BCUT2D eigenvalue weighted by Crippen LogP contribution is -2.14. The largest absolute Gasteiger partial charge is 0.456 e. The molecule has 0 fully saturated rings. The number of para-hydroxylation sites is 2. The summed E-state index contributed by atoms with van der Waals surface area (Å²) < 4.78 is 13.5. The summed E-state index contributed by atoms with van der Waals surface area (Å²) in [6.07, 6.45) is 0. The second-order valence-corrected chi connectivity index (χ2v) is 14.4. The molecule has 0 atom stereocenters. The van der Waals surface area contributed by atoms with E-state index in [-0.39, 0.29) is 11.3 Å². The van der Waals surface area contributed by atoms with Crippen molar-refractivity contribution in [3.63, 3.8) is 0 Å². The van der Waals surface area contributed by atoms with Crippen molar-refractivity contribution in [3.8, 4) is 44.5 Å². The van der Waals surface area contributed by atoms with E-state index in [1.54, 1.807) is 0 Å². The molecule has 0 saturated heterocycles. The average molecular weight is 613 g/mol. The van der Waals surface area contributed by atoms with Crippen molar-refractivity contribution in [2.45, 2.75) is 25.2 Å². The van der Waals surface area contributed by atoms with E-state index in [1.165, 1.54) is 83.1 Å². The first-order valence-electron chi connectivity index (χ1n) is 16.9. The van der Waals surface area contributed by atoms with Crippen LogP contribution in [0, 0.1) is 0 Å². The van der Waals surface area contributed by atoms with Gasteiger partial charge in [0.2, 0.25) is 0 Å². The Morgan fingerprint density at radius 1 is 0.417 bits per heavy atom. The maximum Gasteiger partial charge on any atom is 0.140 e. The zero-order chi connectivity index (χ0) is 31.5. The lowest BCUT2D eigenvalue weighted by atomic mass is 9.81. The molecular weight excluding hydrogens is 585 g/mol. The third-order valence-corrected chi connectivity index (χ3v) is 11.7. The van der Waals surface area contributed by atoms with Crippen LogP contribution in [0.25, 0.3) is 88.4 Å². The number of benzene rings is 7. The minimum Gasteiger partial charge on any atom is -0.456 e. The fraction of sp³-hybridized carbons (Fsp3) is 0.0870. The number of furan rings is 2.